The molecule has 2 atom stereocenters. The molecule has 0 aromatic rings. The molecule has 0 aromatic heterocycles. The average Bonchev–Trinajstić information content (AvgIpc) is 2.66. The van der Waals surface area contributed by atoms with E-state index in [0.29, 0.717) is 12.5 Å². The van der Waals surface area contributed by atoms with Crippen LogP contribution < -0.4 is 5.48 Å². The third-order valence-corrected chi connectivity index (χ3v) is 3.33. The quantitative estimate of drug-likeness (QED) is 0.684. The number of likely N-dealkylation sites (N-methyl/N-ethyl adjacent to an activating group) is 1. The molecule has 0 saturated carbocycles. The molecule has 0 aliphatic carbocycles. The topological polar surface area (TPSA) is 60.3 Å². The number of piperidine rings is 1. The number of nitrogens with zero attached hydrogens (tertiary/aromatic N) is 3. The van der Waals surface area contributed by atoms with Crippen LogP contribution in [0.5, 0.6) is 0 Å². The zero-order valence-corrected chi connectivity index (χ0v) is 10.6. The van der Waals surface area contributed by atoms with Crippen molar-refractivity contribution in [1.82, 2.24) is 15.4 Å². The molecule has 0 bridgehead atoms. The number of rotatable bonds is 4. The monoisotopic (exact) mass is 242 g/mol. The van der Waals surface area contributed by atoms with Gasteiger partial charge >= 0.3 is 0 Å². The van der Waals surface area contributed by atoms with E-state index in [1.54, 1.807) is 0 Å². The van der Waals surface area contributed by atoms with E-state index in [0.717, 1.165) is 19.5 Å². The summed E-state index contributed by atoms with van der Waals surface area (Å²) in [6, 6.07) is 0.0839. The molecule has 1 fully saturated rings. The molecular formula is C11H22N4O2. The van der Waals surface area contributed by atoms with Crippen molar-refractivity contribution in [2.75, 3.05) is 33.8 Å². The number of hydroxylamine groups is 1. The van der Waals surface area contributed by atoms with Crippen LogP contribution in [-0.2, 0) is 4.74 Å². The first kappa shape index (κ1) is 12.6. The summed E-state index contributed by atoms with van der Waals surface area (Å²) in [4.78, 5) is 2.06. The minimum Gasteiger partial charge on any atom is -0.477 e. The SMILES string of the molecule is CN(C)CCOC1=NN2CCCCC2C1NO. The minimum atomic E-state index is -0.169. The minimum absolute atomic E-state index is 0.169. The molecule has 98 valence electrons. The zero-order chi connectivity index (χ0) is 12.3. The summed E-state index contributed by atoms with van der Waals surface area (Å²) in [5.41, 5.74) is 2.34. The second kappa shape index (κ2) is 5.66. The van der Waals surface area contributed by atoms with Gasteiger partial charge in [0, 0.05) is 13.1 Å². The maximum Gasteiger partial charge on any atom is 0.227 e. The van der Waals surface area contributed by atoms with E-state index in [1.807, 2.05) is 19.1 Å². The Hall–Kier alpha value is -0.850. The predicted octanol–water partition coefficient (Wildman–Crippen LogP) is 0.0936. The van der Waals surface area contributed by atoms with Crippen molar-refractivity contribution >= 4 is 5.90 Å². The lowest BCUT2D eigenvalue weighted by Gasteiger charge is -2.30. The van der Waals surface area contributed by atoms with Gasteiger partial charge in [-0.25, -0.2) is 0 Å². The molecule has 17 heavy (non-hydrogen) atoms. The van der Waals surface area contributed by atoms with Crippen LogP contribution in [0.1, 0.15) is 19.3 Å². The highest BCUT2D eigenvalue weighted by atomic mass is 16.5. The Morgan fingerprint density at radius 3 is 3.06 bits per heavy atom. The second-order valence-electron chi connectivity index (χ2n) is 4.92. The van der Waals surface area contributed by atoms with Crippen molar-refractivity contribution in [3.8, 4) is 0 Å². The van der Waals surface area contributed by atoms with E-state index in [4.69, 9.17) is 4.74 Å². The van der Waals surface area contributed by atoms with Crippen molar-refractivity contribution in [3.63, 3.8) is 0 Å². The standard InChI is InChI=1S/C11H22N4O2/c1-14(2)7-8-17-11-10(13-16)9-5-3-4-6-15(9)12-11/h9-10,13,16H,3-8H2,1-2H3. The Morgan fingerprint density at radius 1 is 1.53 bits per heavy atom. The number of ether oxygens (including phenoxy) is 1. The molecule has 2 rings (SSSR count). The third kappa shape index (κ3) is 2.88. The highest BCUT2D eigenvalue weighted by molar-refractivity contribution is 5.84. The molecule has 6 nitrogen and oxygen atoms in total. The van der Waals surface area contributed by atoms with Gasteiger partial charge in [0.25, 0.3) is 0 Å². The first-order chi connectivity index (χ1) is 8.22. The maximum atomic E-state index is 9.24. The molecule has 2 aliphatic rings. The first-order valence-corrected chi connectivity index (χ1v) is 6.24. The van der Waals surface area contributed by atoms with Crippen LogP contribution in [0.3, 0.4) is 0 Å². The van der Waals surface area contributed by atoms with Crippen LogP contribution in [0, 0.1) is 0 Å². The number of fused-ring (bicyclic) bond motifs is 1. The van der Waals surface area contributed by atoms with E-state index in [1.165, 1.54) is 12.8 Å². The maximum absolute atomic E-state index is 9.24. The van der Waals surface area contributed by atoms with E-state index < -0.39 is 0 Å². The highest BCUT2D eigenvalue weighted by Gasteiger charge is 2.39. The molecule has 1 saturated heterocycles. The largest absolute Gasteiger partial charge is 0.477 e. The van der Waals surface area contributed by atoms with E-state index in [2.05, 4.69) is 15.5 Å². The van der Waals surface area contributed by atoms with Crippen LogP contribution in [0.2, 0.25) is 0 Å². The fourth-order valence-corrected chi connectivity index (χ4v) is 2.35. The molecule has 0 amide bonds. The lowest BCUT2D eigenvalue weighted by Crippen LogP contribution is -2.48. The molecule has 2 aliphatic heterocycles. The second-order valence-corrected chi connectivity index (χ2v) is 4.92. The summed E-state index contributed by atoms with van der Waals surface area (Å²) < 4.78 is 5.65. The lowest BCUT2D eigenvalue weighted by atomic mass is 9.99. The fourth-order valence-electron chi connectivity index (χ4n) is 2.35. The predicted molar refractivity (Wildman–Crippen MR) is 65.0 cm³/mol. The van der Waals surface area contributed by atoms with Gasteiger partial charge in [-0.1, -0.05) is 0 Å². The van der Waals surface area contributed by atoms with Gasteiger partial charge in [0.2, 0.25) is 5.90 Å². The van der Waals surface area contributed by atoms with Crippen LogP contribution in [0.25, 0.3) is 0 Å². The molecular weight excluding hydrogens is 220 g/mol. The van der Waals surface area contributed by atoms with Crippen molar-refractivity contribution in [1.29, 1.82) is 0 Å². The molecule has 6 heteroatoms. The Labute approximate surface area is 102 Å². The van der Waals surface area contributed by atoms with Crippen molar-refractivity contribution in [3.05, 3.63) is 0 Å². The van der Waals surface area contributed by atoms with E-state index >= 15 is 0 Å². The van der Waals surface area contributed by atoms with Gasteiger partial charge in [-0.05, 0) is 33.4 Å². The van der Waals surface area contributed by atoms with E-state index in [-0.39, 0.29) is 12.1 Å². The molecule has 0 radical (unpaired) electrons. The average molecular weight is 242 g/mol. The fraction of sp³-hybridized carbons (Fsp3) is 0.909. The highest BCUT2D eigenvalue weighted by Crippen LogP contribution is 2.26. The molecule has 0 spiro atoms. The number of hydrogen-bond donors (Lipinski definition) is 2. The first-order valence-electron chi connectivity index (χ1n) is 6.24. The molecule has 2 N–H and O–H groups in total. The summed E-state index contributed by atoms with van der Waals surface area (Å²) in [5, 5.41) is 15.7. The lowest BCUT2D eigenvalue weighted by molar-refractivity contribution is 0.0829. The summed E-state index contributed by atoms with van der Waals surface area (Å²) in [7, 11) is 4.01. The van der Waals surface area contributed by atoms with Gasteiger partial charge < -0.3 is 14.8 Å². The summed E-state index contributed by atoms with van der Waals surface area (Å²) in [5.74, 6) is 0.626. The molecule has 2 unspecified atom stereocenters. The van der Waals surface area contributed by atoms with Crippen LogP contribution in [0.15, 0.2) is 5.10 Å². The Balaban J connectivity index is 1.90. The third-order valence-electron chi connectivity index (χ3n) is 3.33. The number of hydrazone groups is 1. The summed E-state index contributed by atoms with van der Waals surface area (Å²) >= 11 is 0. The van der Waals surface area contributed by atoms with Crippen molar-refractivity contribution in [2.24, 2.45) is 5.10 Å². The Bertz CT molecular complexity index is 283. The van der Waals surface area contributed by atoms with Gasteiger partial charge in [-0.15, -0.1) is 5.10 Å². The van der Waals surface area contributed by atoms with Gasteiger partial charge in [0.15, 0.2) is 0 Å². The number of hydrogen-bond acceptors (Lipinski definition) is 6. The van der Waals surface area contributed by atoms with E-state index in [9.17, 15) is 5.21 Å². The Morgan fingerprint density at radius 2 is 2.35 bits per heavy atom. The van der Waals surface area contributed by atoms with Gasteiger partial charge in [-0.2, -0.15) is 5.48 Å². The van der Waals surface area contributed by atoms with Crippen LogP contribution in [0.4, 0.5) is 0 Å². The molecule has 2 heterocycles. The molecule has 0 aromatic carbocycles. The van der Waals surface area contributed by atoms with Gasteiger partial charge in [0.1, 0.15) is 12.6 Å². The van der Waals surface area contributed by atoms with Crippen LogP contribution >= 0.6 is 0 Å². The van der Waals surface area contributed by atoms with Crippen molar-refractivity contribution < 1.29 is 9.94 Å². The Kier molecular flexibility index (Phi) is 4.20. The smallest absolute Gasteiger partial charge is 0.227 e. The number of nitrogens with one attached hydrogen (secondary N) is 1. The summed E-state index contributed by atoms with van der Waals surface area (Å²) in [6.07, 6.45) is 3.42. The van der Waals surface area contributed by atoms with Crippen molar-refractivity contribution in [2.45, 2.75) is 31.3 Å². The van der Waals surface area contributed by atoms with Gasteiger partial charge in [0.05, 0.1) is 6.04 Å². The zero-order valence-electron chi connectivity index (χ0n) is 10.6. The van der Waals surface area contributed by atoms with Crippen LogP contribution in [-0.4, -0.2) is 66.9 Å². The normalized spacial score (nSPS) is 28.2. The summed E-state index contributed by atoms with van der Waals surface area (Å²) in [6.45, 7) is 2.41. The van der Waals surface area contributed by atoms with Gasteiger partial charge in [-0.3, -0.25) is 5.01 Å².